The minimum Gasteiger partial charge on any atom is -0.304 e. The third-order valence-electron chi connectivity index (χ3n) is 2.66. The van der Waals surface area contributed by atoms with Gasteiger partial charge in [0.05, 0.1) is 0 Å². The topological polar surface area (TPSA) is 33.6 Å². The van der Waals surface area contributed by atoms with Gasteiger partial charge in [-0.2, -0.15) is 5.10 Å². The van der Waals surface area contributed by atoms with Crippen molar-refractivity contribution in [3.8, 4) is 0 Å². The summed E-state index contributed by atoms with van der Waals surface area (Å²) >= 11 is 5.21. The summed E-state index contributed by atoms with van der Waals surface area (Å²) in [4.78, 5) is 0. The monoisotopic (exact) mass is 265 g/mol. The van der Waals surface area contributed by atoms with Crippen LogP contribution in [0.4, 0.5) is 4.39 Å². The Balaban J connectivity index is 2.23. The first-order valence-electron chi connectivity index (χ1n) is 5.95. The molecule has 2 rings (SSSR count). The molecule has 2 aromatic rings. The smallest absolute Gasteiger partial charge is 0.195 e. The van der Waals surface area contributed by atoms with Gasteiger partial charge >= 0.3 is 0 Å². The Morgan fingerprint density at radius 2 is 2.00 bits per heavy atom. The number of nitrogens with one attached hydrogen (secondary N) is 1. The molecule has 0 aliphatic rings. The minimum atomic E-state index is -0.222. The molecule has 0 amide bonds. The van der Waals surface area contributed by atoms with E-state index in [1.54, 1.807) is 12.1 Å². The molecule has 1 aromatic heterocycles. The standard InChI is InChI=1S/C13H16FN3S/c1-9(2)8-17-12(15-16-13(17)18)7-10-3-5-11(14)6-4-10/h3-6,9H,7-8H2,1-2H3,(H,16,18). The average Bonchev–Trinajstić information content (AvgIpc) is 2.64. The molecule has 18 heavy (non-hydrogen) atoms. The van der Waals surface area contributed by atoms with Crippen molar-refractivity contribution < 1.29 is 4.39 Å². The van der Waals surface area contributed by atoms with Crippen LogP contribution < -0.4 is 0 Å². The van der Waals surface area contributed by atoms with E-state index in [1.807, 2.05) is 4.57 Å². The molecule has 0 aliphatic carbocycles. The predicted molar refractivity (Wildman–Crippen MR) is 71.5 cm³/mol. The molecule has 0 unspecified atom stereocenters. The molecule has 0 fully saturated rings. The highest BCUT2D eigenvalue weighted by Crippen LogP contribution is 2.11. The van der Waals surface area contributed by atoms with E-state index in [4.69, 9.17) is 12.2 Å². The lowest BCUT2D eigenvalue weighted by Crippen LogP contribution is -2.09. The van der Waals surface area contributed by atoms with Gasteiger partial charge in [0, 0.05) is 13.0 Å². The van der Waals surface area contributed by atoms with Crippen LogP contribution in [0, 0.1) is 16.5 Å². The first kappa shape index (κ1) is 13.0. The average molecular weight is 265 g/mol. The van der Waals surface area contributed by atoms with Gasteiger partial charge in [0.2, 0.25) is 0 Å². The van der Waals surface area contributed by atoms with Crippen molar-refractivity contribution in [3.05, 3.63) is 46.2 Å². The van der Waals surface area contributed by atoms with E-state index >= 15 is 0 Å². The van der Waals surface area contributed by atoms with E-state index in [2.05, 4.69) is 24.0 Å². The number of hydrogen-bond acceptors (Lipinski definition) is 2. The van der Waals surface area contributed by atoms with E-state index in [0.29, 0.717) is 17.1 Å². The third kappa shape index (κ3) is 3.04. The lowest BCUT2D eigenvalue weighted by molar-refractivity contribution is 0.505. The van der Waals surface area contributed by atoms with Crippen LogP contribution in [0.3, 0.4) is 0 Å². The molecule has 0 spiro atoms. The molecular weight excluding hydrogens is 249 g/mol. The highest BCUT2D eigenvalue weighted by molar-refractivity contribution is 7.71. The fourth-order valence-corrected chi connectivity index (χ4v) is 2.05. The number of hydrogen-bond donors (Lipinski definition) is 1. The Labute approximate surface area is 111 Å². The Hall–Kier alpha value is -1.49. The molecule has 0 bridgehead atoms. The Kier molecular flexibility index (Phi) is 3.91. The first-order valence-corrected chi connectivity index (χ1v) is 6.35. The normalized spacial score (nSPS) is 11.1. The highest BCUT2D eigenvalue weighted by atomic mass is 32.1. The summed E-state index contributed by atoms with van der Waals surface area (Å²) in [5, 5.41) is 7.05. The van der Waals surface area contributed by atoms with Gasteiger partial charge in [0.15, 0.2) is 4.77 Å². The summed E-state index contributed by atoms with van der Waals surface area (Å²) in [6, 6.07) is 6.46. The molecule has 0 atom stereocenters. The van der Waals surface area contributed by atoms with Crippen LogP contribution in [0.25, 0.3) is 0 Å². The Morgan fingerprint density at radius 1 is 1.33 bits per heavy atom. The second-order valence-electron chi connectivity index (χ2n) is 4.75. The summed E-state index contributed by atoms with van der Waals surface area (Å²) < 4.78 is 15.5. The molecule has 3 nitrogen and oxygen atoms in total. The van der Waals surface area contributed by atoms with Crippen LogP contribution in [0.2, 0.25) is 0 Å². The number of H-pyrrole nitrogens is 1. The van der Waals surface area contributed by atoms with Crippen molar-refractivity contribution in [2.24, 2.45) is 5.92 Å². The van der Waals surface area contributed by atoms with Crippen LogP contribution >= 0.6 is 12.2 Å². The fourth-order valence-electron chi connectivity index (χ4n) is 1.82. The zero-order chi connectivity index (χ0) is 13.1. The molecule has 96 valence electrons. The maximum atomic E-state index is 12.8. The first-order chi connectivity index (χ1) is 8.56. The predicted octanol–water partition coefficient (Wildman–Crippen LogP) is 3.33. The van der Waals surface area contributed by atoms with Crippen molar-refractivity contribution in [3.63, 3.8) is 0 Å². The second kappa shape index (κ2) is 5.44. The van der Waals surface area contributed by atoms with Gasteiger partial charge in [-0.1, -0.05) is 26.0 Å². The van der Waals surface area contributed by atoms with Gasteiger partial charge in [-0.25, -0.2) is 4.39 Å². The van der Waals surface area contributed by atoms with Crippen molar-refractivity contribution >= 4 is 12.2 Å². The van der Waals surface area contributed by atoms with E-state index in [0.717, 1.165) is 17.9 Å². The van der Waals surface area contributed by atoms with Gasteiger partial charge in [-0.3, -0.25) is 5.10 Å². The van der Waals surface area contributed by atoms with Crippen LogP contribution in [-0.2, 0) is 13.0 Å². The van der Waals surface area contributed by atoms with Crippen LogP contribution in [0.5, 0.6) is 0 Å². The molecule has 0 radical (unpaired) electrons. The van der Waals surface area contributed by atoms with Crippen LogP contribution in [0.15, 0.2) is 24.3 Å². The highest BCUT2D eigenvalue weighted by Gasteiger charge is 2.08. The number of aromatic amines is 1. The quantitative estimate of drug-likeness (QED) is 0.860. The van der Waals surface area contributed by atoms with Gasteiger partial charge in [0.25, 0.3) is 0 Å². The lowest BCUT2D eigenvalue weighted by atomic mass is 10.1. The van der Waals surface area contributed by atoms with Gasteiger partial charge in [0.1, 0.15) is 11.6 Å². The maximum absolute atomic E-state index is 12.8. The Bertz CT molecular complexity index is 569. The molecule has 0 saturated carbocycles. The third-order valence-corrected chi connectivity index (χ3v) is 2.97. The number of rotatable bonds is 4. The number of benzene rings is 1. The molecule has 1 aromatic carbocycles. The number of aromatic nitrogens is 3. The van der Waals surface area contributed by atoms with Gasteiger partial charge < -0.3 is 4.57 Å². The molecule has 0 saturated heterocycles. The largest absolute Gasteiger partial charge is 0.304 e. The van der Waals surface area contributed by atoms with E-state index in [1.165, 1.54) is 12.1 Å². The maximum Gasteiger partial charge on any atom is 0.195 e. The number of halogens is 1. The summed E-state index contributed by atoms with van der Waals surface area (Å²) in [6.45, 7) is 5.11. The van der Waals surface area contributed by atoms with Gasteiger partial charge in [-0.15, -0.1) is 0 Å². The summed E-state index contributed by atoms with van der Waals surface area (Å²) in [7, 11) is 0. The minimum absolute atomic E-state index is 0.222. The molecule has 1 N–H and O–H groups in total. The van der Waals surface area contributed by atoms with Crippen molar-refractivity contribution in [2.45, 2.75) is 26.8 Å². The van der Waals surface area contributed by atoms with E-state index in [9.17, 15) is 4.39 Å². The molecular formula is C13H16FN3S. The summed E-state index contributed by atoms with van der Waals surface area (Å²) in [5.41, 5.74) is 1.02. The zero-order valence-corrected chi connectivity index (χ0v) is 11.3. The summed E-state index contributed by atoms with van der Waals surface area (Å²) in [5.74, 6) is 1.17. The lowest BCUT2D eigenvalue weighted by Gasteiger charge is -2.09. The van der Waals surface area contributed by atoms with Crippen molar-refractivity contribution in [1.29, 1.82) is 0 Å². The second-order valence-corrected chi connectivity index (χ2v) is 5.14. The van der Waals surface area contributed by atoms with Crippen LogP contribution in [0.1, 0.15) is 25.2 Å². The Morgan fingerprint density at radius 3 is 2.61 bits per heavy atom. The summed E-state index contributed by atoms with van der Waals surface area (Å²) in [6.07, 6.45) is 0.653. The molecule has 1 heterocycles. The van der Waals surface area contributed by atoms with Crippen molar-refractivity contribution in [1.82, 2.24) is 14.8 Å². The SMILES string of the molecule is CC(C)Cn1c(Cc2ccc(F)cc2)n[nH]c1=S. The zero-order valence-electron chi connectivity index (χ0n) is 10.5. The van der Waals surface area contributed by atoms with E-state index < -0.39 is 0 Å². The molecule has 5 heteroatoms. The van der Waals surface area contributed by atoms with Gasteiger partial charge in [-0.05, 0) is 35.8 Å². The van der Waals surface area contributed by atoms with Crippen molar-refractivity contribution in [2.75, 3.05) is 0 Å². The number of nitrogens with zero attached hydrogens (tertiary/aromatic N) is 2. The van der Waals surface area contributed by atoms with E-state index in [-0.39, 0.29) is 5.82 Å². The molecule has 0 aliphatic heterocycles. The fraction of sp³-hybridized carbons (Fsp3) is 0.385. The van der Waals surface area contributed by atoms with Crippen LogP contribution in [-0.4, -0.2) is 14.8 Å².